The lowest BCUT2D eigenvalue weighted by molar-refractivity contribution is 0.0932. The Balaban J connectivity index is 1.86. The van der Waals surface area contributed by atoms with Gasteiger partial charge in [-0.25, -0.2) is 9.97 Å². The minimum Gasteiger partial charge on any atom is -0.383 e. The lowest BCUT2D eigenvalue weighted by atomic mass is 10.1. The van der Waals surface area contributed by atoms with E-state index in [1.165, 1.54) is 6.33 Å². The van der Waals surface area contributed by atoms with E-state index < -0.39 is 0 Å². The van der Waals surface area contributed by atoms with Gasteiger partial charge in [-0.2, -0.15) is 0 Å². The van der Waals surface area contributed by atoms with Crippen LogP contribution in [0.4, 0.5) is 5.82 Å². The van der Waals surface area contributed by atoms with Crippen LogP contribution in [0, 0.1) is 0 Å². The SMILES string of the molecule is COCCNC(=O)c1cc(NCCc2cccc(Cl)c2)ncn1. The molecule has 2 rings (SSSR count). The van der Waals surface area contributed by atoms with Crippen LogP contribution in [0.15, 0.2) is 36.7 Å². The van der Waals surface area contributed by atoms with Gasteiger partial charge in [-0.1, -0.05) is 23.7 Å². The highest BCUT2D eigenvalue weighted by Crippen LogP contribution is 2.11. The van der Waals surface area contributed by atoms with Crippen LogP contribution in [0.2, 0.25) is 5.02 Å². The lowest BCUT2D eigenvalue weighted by Gasteiger charge is -2.08. The molecule has 0 saturated carbocycles. The Labute approximate surface area is 140 Å². The summed E-state index contributed by atoms with van der Waals surface area (Å²) in [5, 5.41) is 6.62. The molecule has 1 aromatic carbocycles. The van der Waals surface area contributed by atoms with Gasteiger partial charge in [0.25, 0.3) is 5.91 Å². The van der Waals surface area contributed by atoms with E-state index in [0.717, 1.165) is 17.0 Å². The lowest BCUT2D eigenvalue weighted by Crippen LogP contribution is -2.27. The van der Waals surface area contributed by atoms with Gasteiger partial charge in [-0.15, -0.1) is 0 Å². The highest BCUT2D eigenvalue weighted by atomic mass is 35.5. The number of nitrogens with one attached hydrogen (secondary N) is 2. The molecule has 0 bridgehead atoms. The smallest absolute Gasteiger partial charge is 0.270 e. The average Bonchev–Trinajstić information content (AvgIpc) is 2.55. The minimum absolute atomic E-state index is 0.248. The number of benzene rings is 1. The van der Waals surface area contributed by atoms with Gasteiger partial charge in [0.05, 0.1) is 6.61 Å². The van der Waals surface area contributed by atoms with Crippen molar-refractivity contribution in [1.82, 2.24) is 15.3 Å². The predicted molar refractivity (Wildman–Crippen MR) is 89.9 cm³/mol. The summed E-state index contributed by atoms with van der Waals surface area (Å²) in [5.41, 5.74) is 1.46. The van der Waals surface area contributed by atoms with Crippen LogP contribution in [0.3, 0.4) is 0 Å². The molecule has 1 aromatic heterocycles. The summed E-state index contributed by atoms with van der Waals surface area (Å²) in [5.74, 6) is 0.362. The van der Waals surface area contributed by atoms with Crippen molar-refractivity contribution < 1.29 is 9.53 Å². The highest BCUT2D eigenvalue weighted by molar-refractivity contribution is 6.30. The van der Waals surface area contributed by atoms with Gasteiger partial charge in [-0.05, 0) is 24.1 Å². The summed E-state index contributed by atoms with van der Waals surface area (Å²) in [6, 6.07) is 9.34. The molecule has 2 N–H and O–H groups in total. The summed E-state index contributed by atoms with van der Waals surface area (Å²) in [4.78, 5) is 20.0. The van der Waals surface area contributed by atoms with Crippen molar-refractivity contribution in [2.45, 2.75) is 6.42 Å². The Morgan fingerprint density at radius 1 is 1.26 bits per heavy atom. The largest absolute Gasteiger partial charge is 0.383 e. The number of hydrogen-bond donors (Lipinski definition) is 2. The molecule has 7 heteroatoms. The molecule has 0 spiro atoms. The Kier molecular flexibility index (Phi) is 6.77. The second-order valence-corrected chi connectivity index (χ2v) is 5.28. The topological polar surface area (TPSA) is 76.1 Å². The maximum atomic E-state index is 11.9. The summed E-state index contributed by atoms with van der Waals surface area (Å²) >= 11 is 5.95. The van der Waals surface area contributed by atoms with Crippen molar-refractivity contribution in [2.75, 3.05) is 32.1 Å². The monoisotopic (exact) mass is 334 g/mol. The number of hydrogen-bond acceptors (Lipinski definition) is 5. The molecule has 122 valence electrons. The number of methoxy groups -OCH3 is 1. The first kappa shape index (κ1) is 17.2. The number of rotatable bonds is 8. The summed E-state index contributed by atoms with van der Waals surface area (Å²) in [7, 11) is 1.58. The van der Waals surface area contributed by atoms with Gasteiger partial charge in [0.15, 0.2) is 0 Å². The molecule has 0 aliphatic carbocycles. The van der Waals surface area contributed by atoms with Crippen LogP contribution in [-0.2, 0) is 11.2 Å². The van der Waals surface area contributed by atoms with Crippen molar-refractivity contribution in [3.63, 3.8) is 0 Å². The van der Waals surface area contributed by atoms with Crippen LogP contribution < -0.4 is 10.6 Å². The Morgan fingerprint density at radius 2 is 2.13 bits per heavy atom. The second-order valence-electron chi connectivity index (χ2n) is 4.84. The first-order chi connectivity index (χ1) is 11.2. The number of halogens is 1. The number of carbonyl (C=O) groups excluding carboxylic acids is 1. The zero-order chi connectivity index (χ0) is 16.5. The van der Waals surface area contributed by atoms with Gasteiger partial charge >= 0.3 is 0 Å². The maximum Gasteiger partial charge on any atom is 0.270 e. The van der Waals surface area contributed by atoms with Crippen LogP contribution in [0.5, 0.6) is 0 Å². The third-order valence-electron chi connectivity index (χ3n) is 3.10. The Morgan fingerprint density at radius 3 is 2.91 bits per heavy atom. The number of carbonyl (C=O) groups is 1. The van der Waals surface area contributed by atoms with Crippen LogP contribution in [-0.4, -0.2) is 42.7 Å². The van der Waals surface area contributed by atoms with Crippen molar-refractivity contribution in [2.24, 2.45) is 0 Å². The van der Waals surface area contributed by atoms with Crippen LogP contribution >= 0.6 is 11.6 Å². The van der Waals surface area contributed by atoms with Crippen molar-refractivity contribution in [1.29, 1.82) is 0 Å². The minimum atomic E-state index is -0.248. The quantitative estimate of drug-likeness (QED) is 0.723. The highest BCUT2D eigenvalue weighted by Gasteiger charge is 2.07. The van der Waals surface area contributed by atoms with E-state index in [9.17, 15) is 4.79 Å². The molecule has 2 aromatic rings. The number of anilines is 1. The van der Waals surface area contributed by atoms with E-state index in [4.69, 9.17) is 16.3 Å². The number of nitrogens with zero attached hydrogens (tertiary/aromatic N) is 2. The van der Waals surface area contributed by atoms with Crippen molar-refractivity contribution in [3.8, 4) is 0 Å². The Hall–Kier alpha value is -2.18. The van der Waals surface area contributed by atoms with E-state index in [-0.39, 0.29) is 5.91 Å². The fourth-order valence-corrected chi connectivity index (χ4v) is 2.18. The van der Waals surface area contributed by atoms with Gasteiger partial charge in [0.2, 0.25) is 0 Å². The zero-order valence-corrected chi connectivity index (χ0v) is 13.6. The molecule has 0 unspecified atom stereocenters. The second kappa shape index (κ2) is 9.07. The third-order valence-corrected chi connectivity index (χ3v) is 3.34. The molecule has 0 aliphatic rings. The summed E-state index contributed by atoms with van der Waals surface area (Å²) in [6.07, 6.45) is 2.17. The third kappa shape index (κ3) is 5.84. The maximum absolute atomic E-state index is 11.9. The molecule has 0 atom stereocenters. The van der Waals surface area contributed by atoms with E-state index in [0.29, 0.717) is 31.2 Å². The first-order valence-electron chi connectivity index (χ1n) is 7.26. The Bertz CT molecular complexity index is 651. The van der Waals surface area contributed by atoms with E-state index in [1.54, 1.807) is 13.2 Å². The standard InChI is InChI=1S/C16H19ClN4O2/c1-23-8-7-19-16(22)14-10-15(21-11-20-14)18-6-5-12-3-2-4-13(17)9-12/h2-4,9-11H,5-8H2,1H3,(H,19,22)(H,18,20,21). The van der Waals surface area contributed by atoms with Gasteiger partial charge in [-0.3, -0.25) is 4.79 Å². The number of ether oxygens (including phenoxy) is 1. The summed E-state index contributed by atoms with van der Waals surface area (Å²) < 4.78 is 4.89. The van der Waals surface area contributed by atoms with Crippen molar-refractivity contribution >= 4 is 23.3 Å². The zero-order valence-electron chi connectivity index (χ0n) is 12.9. The fourth-order valence-electron chi connectivity index (χ4n) is 1.96. The molecule has 0 fully saturated rings. The molecule has 23 heavy (non-hydrogen) atoms. The molecule has 1 heterocycles. The van der Waals surface area contributed by atoms with Crippen molar-refractivity contribution in [3.05, 3.63) is 52.9 Å². The van der Waals surface area contributed by atoms with Gasteiger partial charge in [0, 0.05) is 31.3 Å². The van der Waals surface area contributed by atoms with Crippen LogP contribution in [0.25, 0.3) is 0 Å². The molecule has 0 aliphatic heterocycles. The number of amides is 1. The molecule has 0 radical (unpaired) electrons. The fraction of sp³-hybridized carbons (Fsp3) is 0.312. The molecule has 1 amide bonds. The number of aromatic nitrogens is 2. The predicted octanol–water partition coefficient (Wildman–Crippen LogP) is 2.16. The normalized spacial score (nSPS) is 10.3. The molecule has 6 nitrogen and oxygen atoms in total. The summed E-state index contributed by atoms with van der Waals surface area (Å²) in [6.45, 7) is 1.58. The van der Waals surface area contributed by atoms with Gasteiger partial charge < -0.3 is 15.4 Å². The van der Waals surface area contributed by atoms with Crippen LogP contribution in [0.1, 0.15) is 16.1 Å². The van der Waals surface area contributed by atoms with E-state index >= 15 is 0 Å². The molecule has 0 saturated heterocycles. The average molecular weight is 335 g/mol. The molecular formula is C16H19ClN4O2. The van der Waals surface area contributed by atoms with E-state index in [2.05, 4.69) is 20.6 Å². The first-order valence-corrected chi connectivity index (χ1v) is 7.64. The van der Waals surface area contributed by atoms with E-state index in [1.807, 2.05) is 24.3 Å². The molecular weight excluding hydrogens is 316 g/mol. The van der Waals surface area contributed by atoms with Gasteiger partial charge in [0.1, 0.15) is 17.8 Å².